The molecule has 2 rings (SSSR count). The first kappa shape index (κ1) is 12.9. The molecule has 0 amide bonds. The van der Waals surface area contributed by atoms with Gasteiger partial charge in [0.15, 0.2) is 5.69 Å². The van der Waals surface area contributed by atoms with E-state index in [1.54, 1.807) is 39.5 Å². The standard InChI is InChI=1S/C13H14N2O4/c1-15-9(7-8(14-15)13(16)17)12-10(18-2)5-4-6-11(12)19-3/h4-7H,1-3H3,(H,16,17). The largest absolute Gasteiger partial charge is 0.496 e. The van der Waals surface area contributed by atoms with E-state index in [-0.39, 0.29) is 5.69 Å². The van der Waals surface area contributed by atoms with E-state index in [0.717, 1.165) is 0 Å². The van der Waals surface area contributed by atoms with Crippen LogP contribution in [0.1, 0.15) is 10.5 Å². The predicted octanol–water partition coefficient (Wildman–Crippen LogP) is 1.80. The SMILES string of the molecule is COc1cccc(OC)c1-c1cc(C(=O)O)nn1C. The molecule has 0 radical (unpaired) electrons. The molecule has 1 N–H and O–H groups in total. The van der Waals surface area contributed by atoms with Crippen molar-refractivity contribution in [2.75, 3.05) is 14.2 Å². The molecule has 100 valence electrons. The van der Waals surface area contributed by atoms with Crippen LogP contribution in [0.25, 0.3) is 11.3 Å². The number of aromatic carboxylic acids is 1. The predicted molar refractivity (Wildman–Crippen MR) is 68.7 cm³/mol. The van der Waals surface area contributed by atoms with Crippen molar-refractivity contribution >= 4 is 5.97 Å². The number of carboxylic acids is 1. The zero-order valence-corrected chi connectivity index (χ0v) is 10.9. The van der Waals surface area contributed by atoms with Gasteiger partial charge in [-0.3, -0.25) is 4.68 Å². The van der Waals surface area contributed by atoms with Gasteiger partial charge in [0.25, 0.3) is 0 Å². The number of nitrogens with zero attached hydrogens (tertiary/aromatic N) is 2. The summed E-state index contributed by atoms with van der Waals surface area (Å²) >= 11 is 0. The molecule has 0 aliphatic rings. The fourth-order valence-corrected chi connectivity index (χ4v) is 1.91. The van der Waals surface area contributed by atoms with Gasteiger partial charge >= 0.3 is 5.97 Å². The van der Waals surface area contributed by atoms with Crippen molar-refractivity contribution in [2.24, 2.45) is 7.05 Å². The first-order chi connectivity index (χ1) is 9.08. The average molecular weight is 262 g/mol. The summed E-state index contributed by atoms with van der Waals surface area (Å²) in [6.45, 7) is 0. The van der Waals surface area contributed by atoms with Crippen molar-refractivity contribution in [1.82, 2.24) is 9.78 Å². The van der Waals surface area contributed by atoms with Crippen molar-refractivity contribution in [1.29, 1.82) is 0 Å². The Morgan fingerprint density at radius 1 is 1.26 bits per heavy atom. The summed E-state index contributed by atoms with van der Waals surface area (Å²) in [5.74, 6) is 0.120. The maximum atomic E-state index is 11.0. The first-order valence-corrected chi connectivity index (χ1v) is 5.57. The van der Waals surface area contributed by atoms with Gasteiger partial charge in [-0.2, -0.15) is 5.10 Å². The van der Waals surface area contributed by atoms with E-state index in [4.69, 9.17) is 14.6 Å². The number of aromatic nitrogens is 2. The van der Waals surface area contributed by atoms with Gasteiger partial charge in [0.05, 0.1) is 25.5 Å². The minimum Gasteiger partial charge on any atom is -0.496 e. The van der Waals surface area contributed by atoms with E-state index in [9.17, 15) is 4.79 Å². The van der Waals surface area contributed by atoms with Crippen LogP contribution in [0.5, 0.6) is 11.5 Å². The van der Waals surface area contributed by atoms with Crippen molar-refractivity contribution in [2.45, 2.75) is 0 Å². The number of ether oxygens (including phenoxy) is 2. The highest BCUT2D eigenvalue weighted by Crippen LogP contribution is 2.38. The number of hydrogen-bond acceptors (Lipinski definition) is 4. The lowest BCUT2D eigenvalue weighted by molar-refractivity contribution is 0.0689. The van der Waals surface area contributed by atoms with E-state index in [1.807, 2.05) is 0 Å². The molecule has 6 heteroatoms. The summed E-state index contributed by atoms with van der Waals surface area (Å²) in [5.41, 5.74) is 1.27. The zero-order valence-electron chi connectivity index (χ0n) is 10.9. The Balaban J connectivity index is 2.67. The summed E-state index contributed by atoms with van der Waals surface area (Å²) in [6, 6.07) is 6.86. The molecule has 0 atom stereocenters. The van der Waals surface area contributed by atoms with Crippen LogP contribution in [0.2, 0.25) is 0 Å². The van der Waals surface area contributed by atoms with E-state index in [0.29, 0.717) is 22.8 Å². The highest BCUT2D eigenvalue weighted by Gasteiger charge is 2.19. The van der Waals surface area contributed by atoms with Gasteiger partial charge in [0.1, 0.15) is 11.5 Å². The molecule has 1 aromatic heterocycles. The monoisotopic (exact) mass is 262 g/mol. The number of benzene rings is 1. The Bertz CT molecular complexity index is 597. The lowest BCUT2D eigenvalue weighted by Crippen LogP contribution is -2.00. The van der Waals surface area contributed by atoms with E-state index >= 15 is 0 Å². The van der Waals surface area contributed by atoms with Gasteiger partial charge in [-0.1, -0.05) is 6.07 Å². The Morgan fingerprint density at radius 2 is 1.84 bits per heavy atom. The van der Waals surface area contributed by atoms with Crippen LogP contribution in [0.15, 0.2) is 24.3 Å². The smallest absolute Gasteiger partial charge is 0.356 e. The highest BCUT2D eigenvalue weighted by atomic mass is 16.5. The van der Waals surface area contributed by atoms with Gasteiger partial charge < -0.3 is 14.6 Å². The fraction of sp³-hybridized carbons (Fsp3) is 0.231. The number of methoxy groups -OCH3 is 2. The van der Waals surface area contributed by atoms with Crippen molar-refractivity contribution in [3.05, 3.63) is 30.0 Å². The molecular formula is C13H14N2O4. The molecular weight excluding hydrogens is 248 g/mol. The Labute approximate surface area is 110 Å². The van der Waals surface area contributed by atoms with Crippen molar-refractivity contribution in [3.8, 4) is 22.8 Å². The third-order valence-corrected chi connectivity index (χ3v) is 2.78. The average Bonchev–Trinajstić information content (AvgIpc) is 2.79. The minimum absolute atomic E-state index is 0.0227. The van der Waals surface area contributed by atoms with Crippen LogP contribution >= 0.6 is 0 Å². The van der Waals surface area contributed by atoms with Crippen molar-refractivity contribution < 1.29 is 19.4 Å². The maximum absolute atomic E-state index is 11.0. The molecule has 0 saturated carbocycles. The molecule has 1 aromatic carbocycles. The summed E-state index contributed by atoms with van der Waals surface area (Å²) in [4.78, 5) is 11.0. The van der Waals surface area contributed by atoms with Crippen LogP contribution < -0.4 is 9.47 Å². The number of carbonyl (C=O) groups is 1. The topological polar surface area (TPSA) is 73.6 Å². The zero-order chi connectivity index (χ0) is 14.0. The lowest BCUT2D eigenvalue weighted by Gasteiger charge is -2.12. The molecule has 0 saturated heterocycles. The third kappa shape index (κ3) is 2.24. The second-order valence-corrected chi connectivity index (χ2v) is 3.88. The Morgan fingerprint density at radius 3 is 2.26 bits per heavy atom. The van der Waals surface area contributed by atoms with Crippen LogP contribution in [-0.2, 0) is 7.05 Å². The molecule has 0 bridgehead atoms. The highest BCUT2D eigenvalue weighted by molar-refractivity contribution is 5.88. The number of hydrogen-bond donors (Lipinski definition) is 1. The van der Waals surface area contributed by atoms with Crippen LogP contribution in [-0.4, -0.2) is 35.1 Å². The van der Waals surface area contributed by atoms with E-state index in [1.165, 1.54) is 10.7 Å². The Hall–Kier alpha value is -2.50. The normalized spacial score (nSPS) is 10.3. The second kappa shape index (κ2) is 5.01. The van der Waals surface area contributed by atoms with Crippen molar-refractivity contribution in [3.63, 3.8) is 0 Å². The van der Waals surface area contributed by atoms with Gasteiger partial charge in [0, 0.05) is 7.05 Å². The first-order valence-electron chi connectivity index (χ1n) is 5.57. The van der Waals surface area contributed by atoms with Gasteiger partial charge in [0.2, 0.25) is 0 Å². The molecule has 6 nitrogen and oxygen atoms in total. The van der Waals surface area contributed by atoms with E-state index < -0.39 is 5.97 Å². The minimum atomic E-state index is -1.07. The maximum Gasteiger partial charge on any atom is 0.356 e. The number of aryl methyl sites for hydroxylation is 1. The molecule has 0 fully saturated rings. The van der Waals surface area contributed by atoms with Crippen LogP contribution in [0.4, 0.5) is 0 Å². The summed E-state index contributed by atoms with van der Waals surface area (Å²) in [6.07, 6.45) is 0. The second-order valence-electron chi connectivity index (χ2n) is 3.88. The third-order valence-electron chi connectivity index (χ3n) is 2.78. The molecule has 2 aromatic rings. The summed E-state index contributed by atoms with van der Waals surface area (Å²) in [7, 11) is 4.77. The van der Waals surface area contributed by atoms with Crippen LogP contribution in [0.3, 0.4) is 0 Å². The lowest BCUT2D eigenvalue weighted by atomic mass is 10.1. The van der Waals surface area contributed by atoms with Gasteiger partial charge in [-0.15, -0.1) is 0 Å². The molecule has 19 heavy (non-hydrogen) atoms. The van der Waals surface area contributed by atoms with Gasteiger partial charge in [-0.25, -0.2) is 4.79 Å². The van der Waals surface area contributed by atoms with E-state index in [2.05, 4.69) is 5.10 Å². The quantitative estimate of drug-likeness (QED) is 0.909. The molecule has 0 aliphatic carbocycles. The summed E-state index contributed by atoms with van der Waals surface area (Å²) < 4.78 is 12.1. The molecule has 0 spiro atoms. The Kier molecular flexibility index (Phi) is 3.41. The summed E-state index contributed by atoms with van der Waals surface area (Å²) in [5, 5.41) is 12.9. The number of rotatable bonds is 4. The van der Waals surface area contributed by atoms with Crippen LogP contribution in [0, 0.1) is 0 Å². The number of carboxylic acid groups (broad SMARTS) is 1. The fourth-order valence-electron chi connectivity index (χ4n) is 1.91. The van der Waals surface area contributed by atoms with Gasteiger partial charge in [-0.05, 0) is 18.2 Å². The molecule has 0 unspecified atom stereocenters. The molecule has 1 heterocycles. The molecule has 0 aliphatic heterocycles.